The number of hydrogen-bond acceptors (Lipinski definition) is 5. The normalized spacial score (nSPS) is 14.7. The minimum atomic E-state index is -3.63. The van der Waals surface area contributed by atoms with Gasteiger partial charge < -0.3 is 4.90 Å². The second kappa shape index (κ2) is 7.20. The molecule has 0 radical (unpaired) electrons. The molecule has 1 N–H and O–H groups in total. The molecule has 2 aromatic rings. The molecule has 2 aromatic heterocycles. The van der Waals surface area contributed by atoms with Crippen LogP contribution in [0.1, 0.15) is 32.2 Å². The van der Waals surface area contributed by atoms with Crippen LogP contribution in [0.15, 0.2) is 23.4 Å². The van der Waals surface area contributed by atoms with Crippen LogP contribution < -0.4 is 4.72 Å². The van der Waals surface area contributed by atoms with Gasteiger partial charge in [0, 0.05) is 25.2 Å². The molecule has 0 unspecified atom stereocenters. The summed E-state index contributed by atoms with van der Waals surface area (Å²) in [6.45, 7) is 8.09. The number of nitrogens with zero attached hydrogens (tertiary/aromatic N) is 5. The summed E-state index contributed by atoms with van der Waals surface area (Å²) in [7, 11) is -3.63. The van der Waals surface area contributed by atoms with E-state index in [2.05, 4.69) is 14.9 Å². The van der Waals surface area contributed by atoms with E-state index in [4.69, 9.17) is 0 Å². The average Bonchev–Trinajstić information content (AvgIpc) is 3.25. The summed E-state index contributed by atoms with van der Waals surface area (Å²) in [5.74, 6) is 0.0763. The van der Waals surface area contributed by atoms with E-state index in [0.717, 1.165) is 5.69 Å². The second-order valence-electron chi connectivity index (χ2n) is 6.62. The Balaban J connectivity index is 1.66. The SMILES string of the molecule is CCn1cc(S(=O)(=O)NCc2cc3n(n2)CCN(C(=O)C(C)C)C3)cn1. The molecule has 142 valence electrons. The summed E-state index contributed by atoms with van der Waals surface area (Å²) in [5.41, 5.74) is 1.54. The number of hydrogen-bond donors (Lipinski definition) is 1. The molecule has 3 rings (SSSR count). The number of rotatable bonds is 6. The standard InChI is InChI=1S/C16H24N6O3S/c1-4-21-11-15(9-17-21)26(24,25)18-8-13-7-14-10-20(16(23)12(2)3)5-6-22(14)19-13/h7,9,11-12,18H,4-6,8,10H2,1-3H3. The molecule has 9 nitrogen and oxygen atoms in total. The first-order chi connectivity index (χ1) is 12.3. The van der Waals surface area contributed by atoms with Gasteiger partial charge in [-0.3, -0.25) is 14.2 Å². The molecule has 1 aliphatic rings. The number of aromatic nitrogens is 4. The fourth-order valence-electron chi connectivity index (χ4n) is 2.87. The predicted octanol–water partition coefficient (Wildman–Crippen LogP) is 0.576. The highest BCUT2D eigenvalue weighted by Crippen LogP contribution is 2.16. The van der Waals surface area contributed by atoms with Crippen molar-refractivity contribution in [1.29, 1.82) is 0 Å². The van der Waals surface area contributed by atoms with Crippen molar-refractivity contribution in [2.75, 3.05) is 6.54 Å². The van der Waals surface area contributed by atoms with E-state index in [0.29, 0.717) is 31.9 Å². The minimum absolute atomic E-state index is 0.0419. The van der Waals surface area contributed by atoms with E-state index in [9.17, 15) is 13.2 Å². The summed E-state index contributed by atoms with van der Waals surface area (Å²) in [5, 5.41) is 8.43. The fourth-order valence-corrected chi connectivity index (χ4v) is 3.83. The quantitative estimate of drug-likeness (QED) is 0.790. The first-order valence-corrected chi connectivity index (χ1v) is 10.1. The van der Waals surface area contributed by atoms with Crippen LogP contribution in [0.3, 0.4) is 0 Å². The Hall–Kier alpha value is -2.20. The molecule has 26 heavy (non-hydrogen) atoms. The number of sulfonamides is 1. The first-order valence-electron chi connectivity index (χ1n) is 8.66. The van der Waals surface area contributed by atoms with Gasteiger partial charge >= 0.3 is 0 Å². The van der Waals surface area contributed by atoms with E-state index in [-0.39, 0.29) is 23.3 Å². The average molecular weight is 380 g/mol. The van der Waals surface area contributed by atoms with Crippen LogP contribution in [0, 0.1) is 5.92 Å². The van der Waals surface area contributed by atoms with Crippen molar-refractivity contribution in [3.8, 4) is 0 Å². The van der Waals surface area contributed by atoms with Gasteiger partial charge in [0.1, 0.15) is 4.90 Å². The molecule has 0 spiro atoms. The van der Waals surface area contributed by atoms with Gasteiger partial charge in [-0.25, -0.2) is 13.1 Å². The maximum Gasteiger partial charge on any atom is 0.244 e. The second-order valence-corrected chi connectivity index (χ2v) is 8.39. The van der Waals surface area contributed by atoms with Crippen molar-refractivity contribution in [1.82, 2.24) is 29.2 Å². The van der Waals surface area contributed by atoms with Crippen LogP contribution in [-0.2, 0) is 41.0 Å². The highest BCUT2D eigenvalue weighted by Gasteiger charge is 2.24. The van der Waals surface area contributed by atoms with E-state index < -0.39 is 10.0 Å². The van der Waals surface area contributed by atoms with E-state index >= 15 is 0 Å². The van der Waals surface area contributed by atoms with Crippen molar-refractivity contribution in [3.63, 3.8) is 0 Å². The van der Waals surface area contributed by atoms with E-state index in [1.165, 1.54) is 12.4 Å². The van der Waals surface area contributed by atoms with Crippen molar-refractivity contribution in [2.24, 2.45) is 5.92 Å². The number of carbonyl (C=O) groups is 1. The predicted molar refractivity (Wildman–Crippen MR) is 94.4 cm³/mol. The lowest BCUT2D eigenvalue weighted by atomic mass is 10.1. The van der Waals surface area contributed by atoms with Crippen LogP contribution in [0.25, 0.3) is 0 Å². The number of amides is 1. The van der Waals surface area contributed by atoms with Gasteiger partial charge in [-0.05, 0) is 13.0 Å². The summed E-state index contributed by atoms with van der Waals surface area (Å²) in [6.07, 6.45) is 2.83. The van der Waals surface area contributed by atoms with Gasteiger partial charge in [-0.2, -0.15) is 10.2 Å². The summed E-state index contributed by atoms with van der Waals surface area (Å²) in [6, 6.07) is 1.84. The molecule has 0 aliphatic carbocycles. The van der Waals surface area contributed by atoms with Crippen LogP contribution >= 0.6 is 0 Å². The topological polar surface area (TPSA) is 102 Å². The van der Waals surface area contributed by atoms with Crippen LogP contribution in [0.5, 0.6) is 0 Å². The minimum Gasteiger partial charge on any atom is -0.335 e. The molecule has 0 bridgehead atoms. The Labute approximate surface area is 153 Å². The highest BCUT2D eigenvalue weighted by atomic mass is 32.2. The molecular formula is C16H24N6O3S. The molecule has 1 amide bonds. The summed E-state index contributed by atoms with van der Waals surface area (Å²) >= 11 is 0. The van der Waals surface area contributed by atoms with Gasteiger partial charge in [-0.1, -0.05) is 13.8 Å². The zero-order valence-corrected chi connectivity index (χ0v) is 16.0. The molecule has 0 atom stereocenters. The lowest BCUT2D eigenvalue weighted by Gasteiger charge is -2.29. The summed E-state index contributed by atoms with van der Waals surface area (Å²) < 4.78 is 30.6. The van der Waals surface area contributed by atoms with Gasteiger partial charge in [0.25, 0.3) is 0 Å². The van der Waals surface area contributed by atoms with Gasteiger partial charge in [-0.15, -0.1) is 0 Å². The molecule has 1 aliphatic heterocycles. The Bertz CT molecular complexity index is 899. The van der Waals surface area contributed by atoms with Crippen molar-refractivity contribution < 1.29 is 13.2 Å². The lowest BCUT2D eigenvalue weighted by molar-refractivity contribution is -0.136. The van der Waals surface area contributed by atoms with E-state index in [1.807, 2.05) is 36.4 Å². The Morgan fingerprint density at radius 3 is 2.77 bits per heavy atom. The third-order valence-electron chi connectivity index (χ3n) is 4.34. The Morgan fingerprint density at radius 1 is 1.35 bits per heavy atom. The van der Waals surface area contributed by atoms with Gasteiger partial charge in [0.2, 0.25) is 15.9 Å². The van der Waals surface area contributed by atoms with Gasteiger partial charge in [0.15, 0.2) is 0 Å². The van der Waals surface area contributed by atoms with Gasteiger partial charge in [0.05, 0.1) is 37.2 Å². The zero-order valence-electron chi connectivity index (χ0n) is 15.2. The Kier molecular flexibility index (Phi) is 5.15. The van der Waals surface area contributed by atoms with Crippen LogP contribution in [-0.4, -0.2) is 45.3 Å². The van der Waals surface area contributed by atoms with Crippen LogP contribution in [0.2, 0.25) is 0 Å². The monoisotopic (exact) mass is 380 g/mol. The zero-order chi connectivity index (χ0) is 18.9. The maximum atomic E-state index is 12.3. The molecule has 3 heterocycles. The number of nitrogens with one attached hydrogen (secondary N) is 1. The highest BCUT2D eigenvalue weighted by molar-refractivity contribution is 7.89. The summed E-state index contributed by atoms with van der Waals surface area (Å²) in [4.78, 5) is 14.1. The van der Waals surface area contributed by atoms with E-state index in [1.54, 1.807) is 4.68 Å². The fraction of sp³-hybridized carbons (Fsp3) is 0.562. The number of carbonyl (C=O) groups excluding carboxylic acids is 1. The first kappa shape index (κ1) is 18.6. The third-order valence-corrected chi connectivity index (χ3v) is 5.70. The molecule has 0 aromatic carbocycles. The molecule has 0 saturated heterocycles. The Morgan fingerprint density at radius 2 is 2.12 bits per heavy atom. The molecule has 0 saturated carbocycles. The largest absolute Gasteiger partial charge is 0.335 e. The maximum absolute atomic E-state index is 12.3. The third kappa shape index (κ3) is 3.80. The molecule has 10 heteroatoms. The number of aryl methyl sites for hydroxylation is 1. The lowest BCUT2D eigenvalue weighted by Crippen LogP contribution is -2.40. The van der Waals surface area contributed by atoms with Crippen molar-refractivity contribution in [3.05, 3.63) is 29.8 Å². The van der Waals surface area contributed by atoms with Crippen molar-refractivity contribution >= 4 is 15.9 Å². The smallest absolute Gasteiger partial charge is 0.244 e. The molecule has 0 fully saturated rings. The number of fused-ring (bicyclic) bond motifs is 1. The van der Waals surface area contributed by atoms with Crippen LogP contribution in [0.4, 0.5) is 0 Å². The molecular weight excluding hydrogens is 356 g/mol. The van der Waals surface area contributed by atoms with Crippen molar-refractivity contribution in [2.45, 2.75) is 51.8 Å².